The Kier molecular flexibility index (Phi) is 5.72. The van der Waals surface area contributed by atoms with Crippen LogP contribution < -0.4 is 4.90 Å². The highest BCUT2D eigenvalue weighted by atomic mass is 15.3. The van der Waals surface area contributed by atoms with Crippen molar-refractivity contribution in [2.75, 3.05) is 4.90 Å². The highest BCUT2D eigenvalue weighted by Gasteiger charge is 2.53. The molecule has 0 unspecified atom stereocenters. The van der Waals surface area contributed by atoms with Crippen LogP contribution in [0.3, 0.4) is 0 Å². The molecule has 0 saturated heterocycles. The van der Waals surface area contributed by atoms with Crippen LogP contribution in [-0.4, -0.2) is 19.9 Å². The van der Waals surface area contributed by atoms with Crippen LogP contribution in [0, 0.1) is 0 Å². The van der Waals surface area contributed by atoms with Gasteiger partial charge in [-0.05, 0) is 34.2 Å². The number of nitrogens with zero attached hydrogens (tertiary/aromatic N) is 5. The topological polar surface area (TPSA) is 54.8 Å². The van der Waals surface area contributed by atoms with Gasteiger partial charge in [-0.25, -0.2) is 4.98 Å². The molecule has 3 heterocycles. The van der Waals surface area contributed by atoms with Gasteiger partial charge in [-0.15, -0.1) is 0 Å². The van der Waals surface area contributed by atoms with E-state index < -0.39 is 5.41 Å². The lowest BCUT2D eigenvalue weighted by Gasteiger charge is -2.44. The van der Waals surface area contributed by atoms with Crippen LogP contribution >= 0.6 is 0 Å². The third-order valence-corrected chi connectivity index (χ3v) is 9.75. The Morgan fingerprint density at radius 1 is 0.458 bits per heavy atom. The summed E-state index contributed by atoms with van der Waals surface area (Å²) in [7, 11) is 0. The summed E-state index contributed by atoms with van der Waals surface area (Å²) in [6.07, 6.45) is 2.01. The minimum Gasteiger partial charge on any atom is -0.278 e. The first-order valence-electron chi connectivity index (χ1n) is 16.2. The summed E-state index contributed by atoms with van der Waals surface area (Å²) in [5.41, 5.74) is 10.3. The van der Waals surface area contributed by atoms with E-state index in [0.29, 0.717) is 17.6 Å². The monoisotopic (exact) mass is 613 g/mol. The van der Waals surface area contributed by atoms with Gasteiger partial charge in [0.2, 0.25) is 5.95 Å². The number of rotatable bonds is 3. The molecule has 8 aromatic rings. The lowest BCUT2D eigenvalue weighted by atomic mass is 9.64. The van der Waals surface area contributed by atoms with Gasteiger partial charge in [0, 0.05) is 33.8 Å². The number of aromatic nitrogens is 4. The second-order valence-corrected chi connectivity index (χ2v) is 12.2. The Morgan fingerprint density at radius 2 is 0.979 bits per heavy atom. The minimum atomic E-state index is -0.610. The molecule has 1 aliphatic carbocycles. The molecule has 2 aromatic heterocycles. The molecule has 1 spiro atoms. The van der Waals surface area contributed by atoms with E-state index in [1.54, 1.807) is 0 Å². The zero-order chi connectivity index (χ0) is 31.7. The van der Waals surface area contributed by atoms with Gasteiger partial charge in [-0.3, -0.25) is 9.88 Å². The van der Waals surface area contributed by atoms with Crippen LogP contribution in [0.5, 0.6) is 0 Å². The normalized spacial score (nSPS) is 13.5. The van der Waals surface area contributed by atoms with Crippen molar-refractivity contribution in [3.63, 3.8) is 0 Å². The second-order valence-electron chi connectivity index (χ2n) is 12.2. The van der Waals surface area contributed by atoms with Crippen LogP contribution in [0.25, 0.3) is 44.8 Å². The van der Waals surface area contributed by atoms with Gasteiger partial charge in [0.25, 0.3) is 0 Å². The van der Waals surface area contributed by atoms with Crippen molar-refractivity contribution in [3.05, 3.63) is 186 Å². The van der Waals surface area contributed by atoms with Crippen molar-refractivity contribution in [3.8, 4) is 34.0 Å². The number of hydrogen-bond donors (Lipinski definition) is 0. The molecule has 6 aromatic carbocycles. The summed E-state index contributed by atoms with van der Waals surface area (Å²) < 4.78 is 0. The lowest BCUT2D eigenvalue weighted by Crippen LogP contribution is -2.37. The Bertz CT molecular complexity index is 2420. The summed E-state index contributed by atoms with van der Waals surface area (Å²) in [5.74, 6) is 1.82. The van der Waals surface area contributed by atoms with E-state index in [-0.39, 0.29) is 0 Å². The third-order valence-electron chi connectivity index (χ3n) is 9.75. The maximum Gasteiger partial charge on any atom is 0.238 e. The molecule has 5 nitrogen and oxygen atoms in total. The molecule has 0 amide bonds. The van der Waals surface area contributed by atoms with E-state index >= 15 is 0 Å². The average molecular weight is 614 g/mol. The van der Waals surface area contributed by atoms with Gasteiger partial charge in [0.05, 0.1) is 22.5 Å². The van der Waals surface area contributed by atoms with Crippen LogP contribution in [-0.2, 0) is 5.41 Å². The van der Waals surface area contributed by atoms with Gasteiger partial charge in [-0.2, -0.15) is 9.97 Å². The summed E-state index contributed by atoms with van der Waals surface area (Å²) in [6.45, 7) is 0. The Morgan fingerprint density at radius 3 is 1.62 bits per heavy atom. The standard InChI is InChI=1S/C43H27N5/c1-3-15-28(16-4-1)40-45-41(29-17-5-2-6-18-29)47-42(46-40)48-36-25-13-11-23-34(36)43(35-24-12-14-26-37(35)48)33-22-10-9-21-32(33)39-38(43)31-20-8-7-19-30(31)27-44-39/h1-27H. The van der Waals surface area contributed by atoms with Gasteiger partial charge in [0.1, 0.15) is 0 Å². The van der Waals surface area contributed by atoms with Crippen molar-refractivity contribution in [1.29, 1.82) is 0 Å². The van der Waals surface area contributed by atoms with Gasteiger partial charge in [-0.1, -0.05) is 146 Å². The van der Waals surface area contributed by atoms with E-state index in [1.165, 1.54) is 16.5 Å². The minimum absolute atomic E-state index is 0.569. The second kappa shape index (κ2) is 10.3. The average Bonchev–Trinajstić information content (AvgIpc) is 3.47. The molecule has 0 N–H and O–H groups in total. The van der Waals surface area contributed by atoms with E-state index in [1.807, 2.05) is 66.9 Å². The largest absolute Gasteiger partial charge is 0.278 e. The number of fused-ring (bicyclic) bond motifs is 11. The molecule has 0 atom stereocenters. The number of pyridine rings is 1. The first-order valence-corrected chi connectivity index (χ1v) is 16.2. The molecule has 224 valence electrons. The summed E-state index contributed by atoms with van der Waals surface area (Å²) >= 11 is 0. The Labute approximate surface area is 277 Å². The van der Waals surface area contributed by atoms with Crippen molar-refractivity contribution >= 4 is 28.1 Å². The number of para-hydroxylation sites is 2. The zero-order valence-corrected chi connectivity index (χ0v) is 25.8. The molecule has 10 rings (SSSR count). The van der Waals surface area contributed by atoms with Crippen LogP contribution in [0.1, 0.15) is 22.3 Å². The van der Waals surface area contributed by atoms with E-state index in [4.69, 9.17) is 19.9 Å². The highest BCUT2D eigenvalue weighted by molar-refractivity contribution is 6.02. The molecule has 48 heavy (non-hydrogen) atoms. The molecule has 2 aliphatic rings. The molecule has 5 heteroatoms. The molecule has 0 radical (unpaired) electrons. The predicted molar refractivity (Wildman–Crippen MR) is 192 cm³/mol. The van der Waals surface area contributed by atoms with Crippen LogP contribution in [0.15, 0.2) is 164 Å². The van der Waals surface area contributed by atoms with Crippen LogP contribution in [0.2, 0.25) is 0 Å². The van der Waals surface area contributed by atoms with E-state index in [0.717, 1.165) is 50.3 Å². The smallest absolute Gasteiger partial charge is 0.238 e. The quantitative estimate of drug-likeness (QED) is 0.199. The predicted octanol–water partition coefficient (Wildman–Crippen LogP) is 9.90. The Hall–Kier alpha value is -6.46. The number of anilines is 3. The fourth-order valence-electron chi connectivity index (χ4n) is 7.82. The Balaban J connectivity index is 1.31. The molecule has 0 saturated carbocycles. The maximum absolute atomic E-state index is 5.20. The third kappa shape index (κ3) is 3.67. The molecule has 0 bridgehead atoms. The highest BCUT2D eigenvalue weighted by Crippen LogP contribution is 2.63. The summed E-state index contributed by atoms with van der Waals surface area (Å²) in [4.78, 5) is 22.7. The van der Waals surface area contributed by atoms with Gasteiger partial charge >= 0.3 is 0 Å². The van der Waals surface area contributed by atoms with Crippen molar-refractivity contribution in [2.24, 2.45) is 0 Å². The van der Waals surface area contributed by atoms with Crippen molar-refractivity contribution in [1.82, 2.24) is 19.9 Å². The van der Waals surface area contributed by atoms with Crippen molar-refractivity contribution in [2.45, 2.75) is 5.41 Å². The fraction of sp³-hybridized carbons (Fsp3) is 0.0233. The van der Waals surface area contributed by atoms with Gasteiger partial charge in [0.15, 0.2) is 11.6 Å². The fourth-order valence-corrected chi connectivity index (χ4v) is 7.82. The number of benzene rings is 6. The zero-order valence-electron chi connectivity index (χ0n) is 25.8. The molecular formula is C43H27N5. The van der Waals surface area contributed by atoms with E-state index in [2.05, 4.69) is 102 Å². The molecule has 1 aliphatic heterocycles. The lowest BCUT2D eigenvalue weighted by molar-refractivity contribution is 0.754. The van der Waals surface area contributed by atoms with Crippen LogP contribution in [0.4, 0.5) is 17.3 Å². The van der Waals surface area contributed by atoms with E-state index in [9.17, 15) is 0 Å². The summed E-state index contributed by atoms with van der Waals surface area (Å²) in [5, 5.41) is 2.33. The summed E-state index contributed by atoms with van der Waals surface area (Å²) in [6, 6.07) is 55.1. The number of hydrogen-bond acceptors (Lipinski definition) is 5. The van der Waals surface area contributed by atoms with Crippen molar-refractivity contribution < 1.29 is 0 Å². The maximum atomic E-state index is 5.20. The SMILES string of the molecule is c1ccc(-c2nc(-c3ccccc3)nc(N3c4ccccc4C4(c5ccccc5-c5ncc6ccccc6c54)c4ccccc43)n2)cc1. The molecule has 0 fully saturated rings. The van der Waals surface area contributed by atoms with Gasteiger partial charge < -0.3 is 0 Å². The first kappa shape index (κ1) is 26.7. The first-order chi connectivity index (χ1) is 23.8. The molecular weight excluding hydrogens is 587 g/mol.